The third-order valence-electron chi connectivity index (χ3n) is 5.39. The molecule has 0 saturated carbocycles. The van der Waals surface area contributed by atoms with Gasteiger partial charge in [-0.25, -0.2) is 4.39 Å². The van der Waals surface area contributed by atoms with E-state index in [-0.39, 0.29) is 11.6 Å². The Labute approximate surface area is 187 Å². The van der Waals surface area contributed by atoms with Crippen LogP contribution in [0.15, 0.2) is 84.9 Å². The number of rotatable bonds is 6. The van der Waals surface area contributed by atoms with Gasteiger partial charge in [-0.1, -0.05) is 67.6 Å². The minimum absolute atomic E-state index is 0.160. The van der Waals surface area contributed by atoms with Gasteiger partial charge in [-0.15, -0.1) is 0 Å². The fourth-order valence-corrected chi connectivity index (χ4v) is 3.73. The molecule has 0 fully saturated rings. The lowest BCUT2D eigenvalue weighted by atomic mass is 9.95. The molecule has 4 aromatic carbocycles. The number of amides is 1. The Kier molecular flexibility index (Phi) is 6.43. The standard InChI is InChI=1S/C28H25FN2O/c1-2-3-7-19-12-13-26(29)27(15-19)31-28(32)25-17-23(16-22-9-4-5-11-24(22)25)21-10-6-8-20(14-21)18-30/h3-17H,2,18,30H2,1H3,(H,31,32)/b7-3+. The second kappa shape index (κ2) is 9.58. The summed E-state index contributed by atoms with van der Waals surface area (Å²) in [5, 5.41) is 4.52. The predicted octanol–water partition coefficient (Wildman–Crippen LogP) is 6.78. The summed E-state index contributed by atoms with van der Waals surface area (Å²) in [5.41, 5.74) is 10.2. The predicted molar refractivity (Wildman–Crippen MR) is 131 cm³/mol. The number of carbonyl (C=O) groups excluding carboxylic acids is 1. The maximum atomic E-state index is 14.5. The molecule has 1 amide bonds. The first kappa shape index (κ1) is 21.5. The van der Waals surface area contributed by atoms with E-state index in [0.29, 0.717) is 12.1 Å². The lowest BCUT2D eigenvalue weighted by Gasteiger charge is -2.13. The van der Waals surface area contributed by atoms with Crippen LogP contribution < -0.4 is 11.1 Å². The van der Waals surface area contributed by atoms with Gasteiger partial charge in [-0.2, -0.15) is 0 Å². The van der Waals surface area contributed by atoms with Crippen LogP contribution >= 0.6 is 0 Å². The molecule has 4 aromatic rings. The topological polar surface area (TPSA) is 55.1 Å². The monoisotopic (exact) mass is 424 g/mol. The third kappa shape index (κ3) is 4.61. The highest BCUT2D eigenvalue weighted by Gasteiger charge is 2.15. The summed E-state index contributed by atoms with van der Waals surface area (Å²) in [5.74, 6) is -0.823. The van der Waals surface area contributed by atoms with Crippen LogP contribution in [0.1, 0.15) is 34.8 Å². The van der Waals surface area contributed by atoms with Crippen molar-refractivity contribution in [1.82, 2.24) is 0 Å². The average Bonchev–Trinajstić information content (AvgIpc) is 2.83. The molecule has 0 saturated heterocycles. The maximum absolute atomic E-state index is 14.5. The molecule has 32 heavy (non-hydrogen) atoms. The van der Waals surface area contributed by atoms with Gasteiger partial charge in [-0.3, -0.25) is 4.79 Å². The second-order valence-corrected chi connectivity index (χ2v) is 7.65. The second-order valence-electron chi connectivity index (χ2n) is 7.65. The van der Waals surface area contributed by atoms with Crippen molar-refractivity contribution in [2.24, 2.45) is 5.73 Å². The van der Waals surface area contributed by atoms with Crippen molar-refractivity contribution in [3.05, 3.63) is 107 Å². The maximum Gasteiger partial charge on any atom is 0.256 e. The molecule has 0 heterocycles. The zero-order valence-electron chi connectivity index (χ0n) is 17.9. The molecular weight excluding hydrogens is 399 g/mol. The van der Waals surface area contributed by atoms with Crippen LogP contribution in [-0.4, -0.2) is 5.91 Å². The average molecular weight is 425 g/mol. The summed E-state index contributed by atoms with van der Waals surface area (Å²) < 4.78 is 14.5. The molecule has 4 heteroatoms. The first-order chi connectivity index (χ1) is 15.6. The van der Waals surface area contributed by atoms with E-state index in [1.54, 1.807) is 12.1 Å². The van der Waals surface area contributed by atoms with Crippen LogP contribution in [0.5, 0.6) is 0 Å². The molecule has 0 bridgehead atoms. The highest BCUT2D eigenvalue weighted by Crippen LogP contribution is 2.29. The number of hydrogen-bond acceptors (Lipinski definition) is 2. The van der Waals surface area contributed by atoms with Gasteiger partial charge in [0.2, 0.25) is 0 Å². The van der Waals surface area contributed by atoms with Crippen LogP contribution in [0.25, 0.3) is 28.0 Å². The van der Waals surface area contributed by atoms with Gasteiger partial charge in [0.15, 0.2) is 0 Å². The van der Waals surface area contributed by atoms with Crippen LogP contribution in [-0.2, 0) is 6.54 Å². The van der Waals surface area contributed by atoms with Gasteiger partial charge >= 0.3 is 0 Å². The fourth-order valence-electron chi connectivity index (χ4n) is 3.73. The number of hydrogen-bond donors (Lipinski definition) is 2. The van der Waals surface area contributed by atoms with Crippen LogP contribution in [0.3, 0.4) is 0 Å². The first-order valence-corrected chi connectivity index (χ1v) is 10.7. The largest absolute Gasteiger partial charge is 0.326 e. The van der Waals surface area contributed by atoms with E-state index in [4.69, 9.17) is 5.73 Å². The molecule has 0 aromatic heterocycles. The summed E-state index contributed by atoms with van der Waals surface area (Å²) >= 11 is 0. The number of benzene rings is 4. The zero-order valence-corrected chi connectivity index (χ0v) is 17.9. The first-order valence-electron chi connectivity index (χ1n) is 10.7. The van der Waals surface area contributed by atoms with E-state index in [1.165, 1.54) is 6.07 Å². The Bertz CT molecular complexity index is 1310. The van der Waals surface area contributed by atoms with Crippen LogP contribution in [0, 0.1) is 5.82 Å². The Hall–Kier alpha value is -3.76. The SMILES string of the molecule is CC/C=C/c1ccc(F)c(NC(=O)c2cc(-c3cccc(CN)c3)cc3ccccc23)c1. The lowest BCUT2D eigenvalue weighted by Crippen LogP contribution is -2.14. The number of halogens is 1. The normalized spacial score (nSPS) is 11.2. The summed E-state index contributed by atoms with van der Waals surface area (Å²) in [4.78, 5) is 13.3. The summed E-state index contributed by atoms with van der Waals surface area (Å²) in [6.07, 6.45) is 4.78. The van der Waals surface area contributed by atoms with Crippen molar-refractivity contribution < 1.29 is 9.18 Å². The lowest BCUT2D eigenvalue weighted by molar-refractivity contribution is 0.102. The smallest absolute Gasteiger partial charge is 0.256 e. The molecule has 0 unspecified atom stereocenters. The van der Waals surface area contributed by atoms with Gasteiger partial charge in [0.1, 0.15) is 5.82 Å². The molecule has 0 aliphatic rings. The summed E-state index contributed by atoms with van der Waals surface area (Å²) in [7, 11) is 0. The molecule has 4 rings (SSSR count). The van der Waals surface area contributed by atoms with Gasteiger partial charge in [0.25, 0.3) is 5.91 Å². The Morgan fingerprint density at radius 2 is 1.81 bits per heavy atom. The van der Waals surface area contributed by atoms with E-state index >= 15 is 0 Å². The van der Waals surface area contributed by atoms with Crippen molar-refractivity contribution in [3.8, 4) is 11.1 Å². The van der Waals surface area contributed by atoms with Gasteiger partial charge in [0.05, 0.1) is 5.69 Å². The quantitative estimate of drug-likeness (QED) is 0.358. The minimum Gasteiger partial charge on any atom is -0.326 e. The van der Waals surface area contributed by atoms with Crippen molar-refractivity contribution in [2.75, 3.05) is 5.32 Å². The van der Waals surface area contributed by atoms with Crippen LogP contribution in [0.2, 0.25) is 0 Å². The Morgan fingerprint density at radius 3 is 2.62 bits per heavy atom. The molecule has 160 valence electrons. The van der Waals surface area contributed by atoms with Crippen molar-refractivity contribution in [3.63, 3.8) is 0 Å². The number of fused-ring (bicyclic) bond motifs is 1. The number of nitrogens with one attached hydrogen (secondary N) is 1. The van der Waals surface area contributed by atoms with E-state index in [1.807, 2.05) is 73.7 Å². The molecule has 0 radical (unpaired) electrons. The van der Waals surface area contributed by atoms with Gasteiger partial charge < -0.3 is 11.1 Å². The molecule has 0 spiro atoms. The molecule has 0 aliphatic carbocycles. The minimum atomic E-state index is -0.469. The molecule has 0 atom stereocenters. The number of carbonyl (C=O) groups is 1. The highest BCUT2D eigenvalue weighted by molar-refractivity contribution is 6.14. The fraction of sp³-hybridized carbons (Fsp3) is 0.107. The third-order valence-corrected chi connectivity index (χ3v) is 5.39. The van der Waals surface area contributed by atoms with Crippen molar-refractivity contribution in [1.29, 1.82) is 0 Å². The summed E-state index contributed by atoms with van der Waals surface area (Å²) in [6.45, 7) is 2.47. The molecule has 3 N–H and O–H groups in total. The van der Waals surface area contributed by atoms with E-state index in [2.05, 4.69) is 11.4 Å². The molecule has 0 aliphatic heterocycles. The Morgan fingerprint density at radius 1 is 0.969 bits per heavy atom. The van der Waals surface area contributed by atoms with E-state index < -0.39 is 5.82 Å². The Balaban J connectivity index is 1.76. The van der Waals surface area contributed by atoms with Crippen LogP contribution in [0.4, 0.5) is 10.1 Å². The molecule has 3 nitrogen and oxygen atoms in total. The van der Waals surface area contributed by atoms with E-state index in [9.17, 15) is 9.18 Å². The summed E-state index contributed by atoms with van der Waals surface area (Å²) in [6, 6.07) is 24.3. The van der Waals surface area contributed by atoms with Gasteiger partial charge in [-0.05, 0) is 69.8 Å². The number of nitrogens with two attached hydrogens (primary N) is 1. The molecular formula is C28H25FN2O. The number of anilines is 1. The van der Waals surface area contributed by atoms with Crippen molar-refractivity contribution in [2.45, 2.75) is 19.9 Å². The van der Waals surface area contributed by atoms with E-state index in [0.717, 1.165) is 39.4 Å². The number of allylic oxidation sites excluding steroid dienone is 1. The van der Waals surface area contributed by atoms with Crippen molar-refractivity contribution >= 4 is 28.4 Å². The zero-order chi connectivity index (χ0) is 22.5. The van der Waals surface area contributed by atoms with Gasteiger partial charge in [0, 0.05) is 12.1 Å². The highest BCUT2D eigenvalue weighted by atomic mass is 19.1.